The molecule has 0 radical (unpaired) electrons. The van der Waals surface area contributed by atoms with E-state index in [-0.39, 0.29) is 35.0 Å². The Labute approximate surface area is 167 Å². The maximum Gasteiger partial charge on any atom is 0.354 e. The number of benzene rings is 1. The first kappa shape index (κ1) is 21.5. The number of rotatable bonds is 8. The molecule has 1 heterocycles. The van der Waals surface area contributed by atoms with Gasteiger partial charge in [0.05, 0.1) is 12.5 Å². The number of nitrogens with zero attached hydrogens (tertiary/aromatic N) is 1. The Bertz CT molecular complexity index is 930. The summed E-state index contributed by atoms with van der Waals surface area (Å²) in [6.07, 6.45) is 2.73. The number of ether oxygens (including phenoxy) is 1. The molecule has 0 saturated heterocycles. The van der Waals surface area contributed by atoms with Gasteiger partial charge < -0.3 is 9.15 Å². The van der Waals surface area contributed by atoms with Crippen LogP contribution in [0.5, 0.6) is 0 Å². The third-order valence-corrected chi connectivity index (χ3v) is 4.86. The van der Waals surface area contributed by atoms with Gasteiger partial charge in [-0.1, -0.05) is 42.1 Å². The van der Waals surface area contributed by atoms with Crippen LogP contribution in [0.3, 0.4) is 0 Å². The zero-order valence-electron chi connectivity index (χ0n) is 15.8. The molecule has 2 aromatic rings. The van der Waals surface area contributed by atoms with Crippen LogP contribution in [0.4, 0.5) is 0 Å². The molecule has 0 aliphatic rings. The normalized spacial score (nSPS) is 11.5. The van der Waals surface area contributed by atoms with Crippen molar-refractivity contribution in [2.45, 2.75) is 32.1 Å². The Morgan fingerprint density at radius 3 is 2.61 bits per heavy atom. The van der Waals surface area contributed by atoms with Crippen LogP contribution in [-0.4, -0.2) is 23.9 Å². The zero-order valence-corrected chi connectivity index (χ0v) is 16.6. The van der Waals surface area contributed by atoms with Crippen LogP contribution in [0.25, 0.3) is 11.3 Å². The molecule has 1 aromatic heterocycles. The van der Waals surface area contributed by atoms with E-state index in [1.807, 2.05) is 12.1 Å². The van der Waals surface area contributed by atoms with Gasteiger partial charge in [-0.2, -0.15) is 5.26 Å². The molecule has 0 aliphatic carbocycles. The second-order valence-corrected chi connectivity index (χ2v) is 6.84. The summed E-state index contributed by atoms with van der Waals surface area (Å²) >= 11 is 1.13. The molecule has 0 spiro atoms. The lowest BCUT2D eigenvalue weighted by molar-refractivity contribution is -0.145. The first-order valence-corrected chi connectivity index (χ1v) is 10.1. The Hall–Kier alpha value is -2.85. The standard InChI is InChI=1S/C21H21NO5S/c1-3-26-20(24)15(10-7-11-19(23)28-2)16-12-18(14-8-5-4-6-9-14)27-21(25)17(16)13-22/h4-6,8-9,12,15H,3,7,10-11H2,1-2H3. The topological polar surface area (TPSA) is 97.4 Å². The lowest BCUT2D eigenvalue weighted by Gasteiger charge is -2.17. The summed E-state index contributed by atoms with van der Waals surface area (Å²) in [5.41, 5.74) is -0.0829. The molecular formula is C21H21NO5S. The molecule has 7 heteroatoms. The number of carbonyl (C=O) groups is 2. The quantitative estimate of drug-likeness (QED) is 0.621. The minimum absolute atomic E-state index is 0.0145. The molecule has 0 bridgehead atoms. The fraction of sp³-hybridized carbons (Fsp3) is 0.333. The molecule has 146 valence electrons. The highest BCUT2D eigenvalue weighted by molar-refractivity contribution is 8.13. The van der Waals surface area contributed by atoms with Gasteiger partial charge in [-0.3, -0.25) is 9.59 Å². The van der Waals surface area contributed by atoms with Crippen LogP contribution in [0.2, 0.25) is 0 Å². The van der Waals surface area contributed by atoms with Gasteiger partial charge in [-0.15, -0.1) is 0 Å². The molecular weight excluding hydrogens is 378 g/mol. The molecule has 0 amide bonds. The Kier molecular flexibility index (Phi) is 8.02. The summed E-state index contributed by atoms with van der Waals surface area (Å²) in [7, 11) is 0. The SMILES string of the molecule is CCOC(=O)C(CCCC(=O)SC)c1cc(-c2ccccc2)oc(=O)c1C#N. The molecule has 1 atom stereocenters. The predicted molar refractivity (Wildman–Crippen MR) is 107 cm³/mol. The number of thioether (sulfide) groups is 1. The highest BCUT2D eigenvalue weighted by Gasteiger charge is 2.28. The van der Waals surface area contributed by atoms with E-state index < -0.39 is 17.5 Å². The Morgan fingerprint density at radius 2 is 2.00 bits per heavy atom. The summed E-state index contributed by atoms with van der Waals surface area (Å²) in [6.45, 7) is 1.86. The number of nitriles is 1. The van der Waals surface area contributed by atoms with Crippen molar-refractivity contribution >= 4 is 22.8 Å². The average Bonchev–Trinajstić information content (AvgIpc) is 2.71. The first-order valence-electron chi connectivity index (χ1n) is 8.88. The van der Waals surface area contributed by atoms with Crippen molar-refractivity contribution in [3.63, 3.8) is 0 Å². The average molecular weight is 399 g/mol. The molecule has 28 heavy (non-hydrogen) atoms. The highest BCUT2D eigenvalue weighted by Crippen LogP contribution is 2.29. The summed E-state index contributed by atoms with van der Waals surface area (Å²) in [5, 5.41) is 9.47. The van der Waals surface area contributed by atoms with Crippen LogP contribution in [0.15, 0.2) is 45.6 Å². The molecule has 0 aliphatic heterocycles. The van der Waals surface area contributed by atoms with E-state index in [9.17, 15) is 19.6 Å². The van der Waals surface area contributed by atoms with Gasteiger partial charge in [0.15, 0.2) is 5.12 Å². The zero-order chi connectivity index (χ0) is 20.5. The van der Waals surface area contributed by atoms with Gasteiger partial charge in [-0.25, -0.2) is 4.79 Å². The van der Waals surface area contributed by atoms with E-state index in [4.69, 9.17) is 9.15 Å². The second-order valence-electron chi connectivity index (χ2n) is 5.98. The van der Waals surface area contributed by atoms with Crippen LogP contribution in [0, 0.1) is 11.3 Å². The molecule has 1 aromatic carbocycles. The van der Waals surface area contributed by atoms with Crippen LogP contribution >= 0.6 is 11.8 Å². The number of hydrogen-bond acceptors (Lipinski definition) is 7. The van der Waals surface area contributed by atoms with Crippen molar-refractivity contribution in [1.82, 2.24) is 0 Å². The molecule has 0 saturated carbocycles. The first-order chi connectivity index (χ1) is 13.5. The third-order valence-electron chi connectivity index (χ3n) is 4.20. The van der Waals surface area contributed by atoms with Crippen molar-refractivity contribution in [3.05, 3.63) is 57.9 Å². The number of carbonyl (C=O) groups excluding carboxylic acids is 2. The fourth-order valence-electron chi connectivity index (χ4n) is 2.84. The Morgan fingerprint density at radius 1 is 1.29 bits per heavy atom. The summed E-state index contributed by atoms with van der Waals surface area (Å²) in [4.78, 5) is 36.5. The van der Waals surface area contributed by atoms with E-state index in [1.165, 1.54) is 0 Å². The van der Waals surface area contributed by atoms with Crippen molar-refractivity contribution in [3.8, 4) is 17.4 Å². The molecule has 6 nitrogen and oxygen atoms in total. The van der Waals surface area contributed by atoms with Crippen molar-refractivity contribution in [2.75, 3.05) is 12.9 Å². The lowest BCUT2D eigenvalue weighted by atomic mass is 9.90. The monoisotopic (exact) mass is 399 g/mol. The van der Waals surface area contributed by atoms with Gasteiger partial charge in [0.2, 0.25) is 0 Å². The third kappa shape index (κ3) is 5.33. The van der Waals surface area contributed by atoms with Crippen LogP contribution < -0.4 is 5.63 Å². The van der Waals surface area contributed by atoms with E-state index in [2.05, 4.69) is 0 Å². The van der Waals surface area contributed by atoms with Crippen LogP contribution in [-0.2, 0) is 14.3 Å². The van der Waals surface area contributed by atoms with E-state index in [0.717, 1.165) is 11.8 Å². The predicted octanol–water partition coefficient (Wildman–Crippen LogP) is 3.89. The lowest BCUT2D eigenvalue weighted by Crippen LogP contribution is -2.21. The molecule has 2 rings (SSSR count). The maximum absolute atomic E-state index is 12.6. The molecule has 0 N–H and O–H groups in total. The molecule has 1 unspecified atom stereocenters. The number of esters is 1. The van der Waals surface area contributed by atoms with Gasteiger partial charge in [0.1, 0.15) is 17.4 Å². The van der Waals surface area contributed by atoms with Gasteiger partial charge >= 0.3 is 11.6 Å². The van der Waals surface area contributed by atoms with Crippen LogP contribution in [0.1, 0.15) is 43.2 Å². The van der Waals surface area contributed by atoms with Gasteiger partial charge in [0, 0.05) is 12.0 Å². The van der Waals surface area contributed by atoms with E-state index >= 15 is 0 Å². The second kappa shape index (κ2) is 10.5. The van der Waals surface area contributed by atoms with Gasteiger partial charge in [-0.05, 0) is 37.7 Å². The summed E-state index contributed by atoms with van der Waals surface area (Å²) in [5.74, 6) is -1.08. The van der Waals surface area contributed by atoms with Gasteiger partial charge in [0.25, 0.3) is 0 Å². The Balaban J connectivity index is 2.48. The summed E-state index contributed by atoms with van der Waals surface area (Å²) in [6, 6.07) is 12.4. The smallest absolute Gasteiger partial charge is 0.354 e. The maximum atomic E-state index is 12.6. The fourth-order valence-corrected chi connectivity index (χ4v) is 3.19. The minimum atomic E-state index is -0.823. The van der Waals surface area contributed by atoms with Crippen molar-refractivity contribution in [2.24, 2.45) is 0 Å². The van der Waals surface area contributed by atoms with E-state index in [1.54, 1.807) is 43.5 Å². The number of hydrogen-bond donors (Lipinski definition) is 0. The van der Waals surface area contributed by atoms with E-state index in [0.29, 0.717) is 18.4 Å². The summed E-state index contributed by atoms with van der Waals surface area (Å²) < 4.78 is 10.4. The van der Waals surface area contributed by atoms with Crippen molar-refractivity contribution < 1.29 is 18.7 Å². The van der Waals surface area contributed by atoms with Crippen molar-refractivity contribution in [1.29, 1.82) is 5.26 Å². The largest absolute Gasteiger partial charge is 0.466 e. The molecule has 0 fully saturated rings. The highest BCUT2D eigenvalue weighted by atomic mass is 32.2. The minimum Gasteiger partial charge on any atom is -0.466 e.